The van der Waals surface area contributed by atoms with Gasteiger partial charge < -0.3 is 0 Å². The molecule has 0 aliphatic heterocycles. The van der Waals surface area contributed by atoms with E-state index in [0.717, 1.165) is 11.1 Å². The van der Waals surface area contributed by atoms with E-state index < -0.39 is 0 Å². The Bertz CT molecular complexity index is 1800. The fourth-order valence-corrected chi connectivity index (χ4v) is 5.59. The third-order valence-electron chi connectivity index (χ3n) is 7.43. The fraction of sp³-hybridized carbons (Fsp3) is 0.0513. The van der Waals surface area contributed by atoms with Gasteiger partial charge in [0.25, 0.3) is 0 Å². The molecule has 0 aliphatic rings. The SMILES string of the molecule is C.C=C/C(=C\C(=C/C)c1c2ccccc2c(-c2cbcc(-c3ccccc3)c2)c2ccccc12)c1ccccc1. The van der Waals surface area contributed by atoms with E-state index in [2.05, 4.69) is 154 Å². The molecule has 0 nitrogen and oxygen atoms in total. The van der Waals surface area contributed by atoms with Gasteiger partial charge in [-0.1, -0.05) is 13.5 Å². The van der Waals surface area contributed by atoms with Crippen LogP contribution in [0.25, 0.3) is 54.9 Å². The van der Waals surface area contributed by atoms with Gasteiger partial charge in [-0.3, -0.25) is 0 Å². The molecule has 5 aromatic carbocycles. The topological polar surface area (TPSA) is 0 Å². The van der Waals surface area contributed by atoms with Gasteiger partial charge in [-0.15, -0.1) is 0 Å². The van der Waals surface area contributed by atoms with Crippen LogP contribution in [-0.4, -0.2) is 6.91 Å². The Morgan fingerprint density at radius 2 is 1.12 bits per heavy atom. The van der Waals surface area contributed by atoms with E-state index in [9.17, 15) is 0 Å². The van der Waals surface area contributed by atoms with Crippen LogP contribution in [0.4, 0.5) is 0 Å². The summed E-state index contributed by atoms with van der Waals surface area (Å²) in [5.41, 5.74) is 9.65. The van der Waals surface area contributed by atoms with Crippen LogP contribution in [0.1, 0.15) is 25.5 Å². The van der Waals surface area contributed by atoms with Crippen molar-refractivity contribution in [3.05, 3.63) is 163 Å². The molecule has 0 unspecified atom stereocenters. The van der Waals surface area contributed by atoms with E-state index in [4.69, 9.17) is 0 Å². The second kappa shape index (κ2) is 12.0. The zero-order chi connectivity index (χ0) is 26.6. The average molecular weight is 513 g/mol. The molecule has 1 heterocycles. The Labute approximate surface area is 238 Å². The molecule has 0 amide bonds. The molecular weight excluding hydrogens is 479 g/mol. The molecule has 6 rings (SSSR count). The quantitative estimate of drug-likeness (QED) is 0.154. The molecule has 0 fully saturated rings. The molecule has 0 atom stereocenters. The zero-order valence-corrected chi connectivity index (χ0v) is 22.1. The van der Waals surface area contributed by atoms with E-state index in [1.165, 1.54) is 54.9 Å². The summed E-state index contributed by atoms with van der Waals surface area (Å²) in [6.07, 6.45) is 6.44. The molecule has 40 heavy (non-hydrogen) atoms. The van der Waals surface area contributed by atoms with Crippen molar-refractivity contribution in [2.24, 2.45) is 0 Å². The van der Waals surface area contributed by atoms with Crippen LogP contribution in [0.5, 0.6) is 0 Å². The van der Waals surface area contributed by atoms with Crippen molar-refractivity contribution >= 4 is 39.6 Å². The maximum absolute atomic E-state index is 4.13. The van der Waals surface area contributed by atoms with Crippen molar-refractivity contribution in [3.63, 3.8) is 0 Å². The first-order valence-electron chi connectivity index (χ1n) is 13.4. The Morgan fingerprint density at radius 1 is 0.600 bits per heavy atom. The van der Waals surface area contributed by atoms with Crippen molar-refractivity contribution in [3.8, 4) is 22.3 Å². The van der Waals surface area contributed by atoms with Gasteiger partial charge in [0.15, 0.2) is 0 Å². The summed E-state index contributed by atoms with van der Waals surface area (Å²) in [6, 6.07) is 41.0. The van der Waals surface area contributed by atoms with E-state index in [-0.39, 0.29) is 7.43 Å². The molecule has 0 aliphatic carbocycles. The molecule has 0 spiro atoms. The van der Waals surface area contributed by atoms with Gasteiger partial charge in [0.05, 0.1) is 0 Å². The summed E-state index contributed by atoms with van der Waals surface area (Å²) in [5.74, 6) is 4.43. The number of allylic oxidation sites excluding steroid dienone is 5. The molecule has 192 valence electrons. The van der Waals surface area contributed by atoms with E-state index in [0.29, 0.717) is 0 Å². The number of benzene rings is 5. The van der Waals surface area contributed by atoms with Crippen LogP contribution in [-0.2, 0) is 0 Å². The van der Waals surface area contributed by atoms with E-state index >= 15 is 0 Å². The van der Waals surface area contributed by atoms with Crippen LogP contribution in [0.2, 0.25) is 0 Å². The Hall–Kier alpha value is -4.75. The van der Waals surface area contributed by atoms with Gasteiger partial charge in [0.2, 0.25) is 0 Å². The molecule has 1 heteroatoms. The number of hydrogen-bond acceptors (Lipinski definition) is 0. The molecule has 0 N–H and O–H groups in total. The summed E-state index contributed by atoms with van der Waals surface area (Å²) in [6.45, 7) is 8.43. The van der Waals surface area contributed by atoms with Crippen molar-refractivity contribution in [1.29, 1.82) is 0 Å². The summed E-state index contributed by atoms with van der Waals surface area (Å²) >= 11 is 0. The van der Waals surface area contributed by atoms with Crippen molar-refractivity contribution in [1.82, 2.24) is 0 Å². The first-order valence-corrected chi connectivity index (χ1v) is 13.4. The van der Waals surface area contributed by atoms with Gasteiger partial charge in [0, 0.05) is 0 Å². The van der Waals surface area contributed by atoms with Crippen molar-refractivity contribution < 1.29 is 0 Å². The number of hydrogen-bond donors (Lipinski definition) is 0. The summed E-state index contributed by atoms with van der Waals surface area (Å²) in [4.78, 5) is 0. The Balaban J connectivity index is 0.00000323. The second-order valence-electron chi connectivity index (χ2n) is 9.70. The summed E-state index contributed by atoms with van der Waals surface area (Å²) in [5, 5.41) is 5.00. The first-order chi connectivity index (χ1) is 19.3. The number of rotatable bonds is 6. The third kappa shape index (κ3) is 4.99. The molecule has 6 aromatic rings. The second-order valence-corrected chi connectivity index (χ2v) is 9.70. The number of fused-ring (bicyclic) bond motifs is 2. The van der Waals surface area contributed by atoms with Crippen LogP contribution in [0.15, 0.2) is 152 Å². The summed E-state index contributed by atoms with van der Waals surface area (Å²) in [7, 11) is 0. The monoisotopic (exact) mass is 512 g/mol. The minimum absolute atomic E-state index is 0. The van der Waals surface area contributed by atoms with Gasteiger partial charge >= 0.3 is 226 Å². The zero-order valence-electron chi connectivity index (χ0n) is 22.1. The predicted molar refractivity (Wildman–Crippen MR) is 179 cm³/mol. The first kappa shape index (κ1) is 26.8. The fourth-order valence-electron chi connectivity index (χ4n) is 5.59. The van der Waals surface area contributed by atoms with Gasteiger partial charge in [0.1, 0.15) is 0 Å². The van der Waals surface area contributed by atoms with Crippen LogP contribution in [0.3, 0.4) is 0 Å². The third-order valence-corrected chi connectivity index (χ3v) is 7.43. The normalized spacial score (nSPS) is 11.7. The van der Waals surface area contributed by atoms with Crippen molar-refractivity contribution in [2.75, 3.05) is 0 Å². The molecule has 0 saturated carbocycles. The Kier molecular flexibility index (Phi) is 8.03. The van der Waals surface area contributed by atoms with Gasteiger partial charge in [-0.2, -0.15) is 0 Å². The van der Waals surface area contributed by atoms with Crippen LogP contribution in [0, 0.1) is 0 Å². The summed E-state index contributed by atoms with van der Waals surface area (Å²) < 4.78 is 0. The molecule has 1 aromatic heterocycles. The van der Waals surface area contributed by atoms with Crippen LogP contribution >= 0.6 is 0 Å². The van der Waals surface area contributed by atoms with Crippen LogP contribution < -0.4 is 0 Å². The predicted octanol–water partition coefficient (Wildman–Crippen LogP) is 11.0. The molecule has 0 bridgehead atoms. The molecular formula is C39H33B. The van der Waals surface area contributed by atoms with Gasteiger partial charge in [-0.25, -0.2) is 0 Å². The van der Waals surface area contributed by atoms with E-state index in [1.807, 2.05) is 12.1 Å². The molecule has 0 saturated heterocycles. The average Bonchev–Trinajstić information content (AvgIpc) is 3.02. The van der Waals surface area contributed by atoms with Gasteiger partial charge in [-0.05, 0) is 0 Å². The molecule has 0 radical (unpaired) electrons. The Morgan fingerprint density at radius 3 is 1.70 bits per heavy atom. The standard InChI is InChI=1S/C38H29B.CH4/c1-3-27(29-15-7-5-8-16-29)23-28(4-2)37-33-19-11-13-21-35(33)38(36-22-14-12-20-34(36)37)32-24-31(25-39-26-32)30-17-9-6-10-18-30;/h3-26H,1H2,2H3;1H4/b27-23+,28-4+;. The maximum atomic E-state index is 4.13. The minimum atomic E-state index is 0. The van der Waals surface area contributed by atoms with Crippen molar-refractivity contribution in [2.45, 2.75) is 14.4 Å². The van der Waals surface area contributed by atoms with E-state index in [1.54, 1.807) is 0 Å².